The SMILES string of the molecule is CCc1ccc(Cc2ccc(OC)c(Br)c2)s1.CCc1cccs1. The van der Waals surface area contributed by atoms with Crippen molar-refractivity contribution in [2.45, 2.75) is 33.1 Å². The maximum Gasteiger partial charge on any atom is 0.133 e. The van der Waals surface area contributed by atoms with Gasteiger partial charge in [-0.05, 0) is 70.0 Å². The van der Waals surface area contributed by atoms with Crippen molar-refractivity contribution in [2.75, 3.05) is 7.11 Å². The Labute approximate surface area is 161 Å². The Balaban J connectivity index is 0.000000249. The van der Waals surface area contributed by atoms with Gasteiger partial charge in [-0.25, -0.2) is 0 Å². The maximum atomic E-state index is 5.23. The summed E-state index contributed by atoms with van der Waals surface area (Å²) in [6.07, 6.45) is 3.29. The van der Waals surface area contributed by atoms with Crippen molar-refractivity contribution in [1.82, 2.24) is 0 Å². The van der Waals surface area contributed by atoms with Crippen LogP contribution in [0.4, 0.5) is 0 Å². The third kappa shape index (κ3) is 5.76. The normalized spacial score (nSPS) is 10.2. The van der Waals surface area contributed by atoms with Crippen molar-refractivity contribution in [1.29, 1.82) is 0 Å². The molecule has 0 atom stereocenters. The molecule has 2 aromatic heterocycles. The van der Waals surface area contributed by atoms with Gasteiger partial charge in [0.25, 0.3) is 0 Å². The molecule has 0 aliphatic carbocycles. The van der Waals surface area contributed by atoms with Gasteiger partial charge in [0, 0.05) is 21.1 Å². The van der Waals surface area contributed by atoms with E-state index in [0.717, 1.165) is 23.1 Å². The first-order chi connectivity index (χ1) is 11.7. The summed E-state index contributed by atoms with van der Waals surface area (Å²) >= 11 is 7.24. The summed E-state index contributed by atoms with van der Waals surface area (Å²) < 4.78 is 6.25. The second-order valence-corrected chi connectivity index (χ2v) is 8.44. The van der Waals surface area contributed by atoms with E-state index in [1.54, 1.807) is 7.11 Å². The summed E-state index contributed by atoms with van der Waals surface area (Å²) in [6, 6.07) is 14.9. The van der Waals surface area contributed by atoms with Crippen molar-refractivity contribution in [3.63, 3.8) is 0 Å². The number of hydrogen-bond acceptors (Lipinski definition) is 3. The molecule has 3 aromatic rings. The van der Waals surface area contributed by atoms with Crippen LogP contribution in [0.2, 0.25) is 0 Å². The van der Waals surface area contributed by atoms with Crippen molar-refractivity contribution in [2.24, 2.45) is 0 Å². The van der Waals surface area contributed by atoms with E-state index >= 15 is 0 Å². The quantitative estimate of drug-likeness (QED) is 0.430. The summed E-state index contributed by atoms with van der Waals surface area (Å²) in [7, 11) is 1.69. The van der Waals surface area contributed by atoms with Gasteiger partial charge in [0.1, 0.15) is 5.75 Å². The van der Waals surface area contributed by atoms with Crippen LogP contribution in [0.1, 0.15) is 34.0 Å². The first kappa shape index (κ1) is 19.2. The Hall–Kier alpha value is -1.10. The fourth-order valence-electron chi connectivity index (χ4n) is 2.24. The van der Waals surface area contributed by atoms with Gasteiger partial charge < -0.3 is 4.74 Å². The lowest BCUT2D eigenvalue weighted by atomic mass is 10.1. The molecule has 24 heavy (non-hydrogen) atoms. The maximum absolute atomic E-state index is 5.23. The van der Waals surface area contributed by atoms with Gasteiger partial charge in [0.05, 0.1) is 11.6 Å². The highest BCUT2D eigenvalue weighted by Gasteiger charge is 2.04. The van der Waals surface area contributed by atoms with Gasteiger partial charge in [-0.3, -0.25) is 0 Å². The second-order valence-electron chi connectivity index (χ2n) is 5.30. The van der Waals surface area contributed by atoms with Gasteiger partial charge in [0.2, 0.25) is 0 Å². The second kappa shape index (κ2) is 10.0. The van der Waals surface area contributed by atoms with Crippen LogP contribution in [-0.4, -0.2) is 7.11 Å². The molecule has 0 spiro atoms. The van der Waals surface area contributed by atoms with Crippen LogP contribution in [-0.2, 0) is 19.3 Å². The number of methoxy groups -OCH3 is 1. The lowest BCUT2D eigenvalue weighted by Gasteiger charge is -2.05. The molecule has 3 rings (SSSR count). The van der Waals surface area contributed by atoms with Gasteiger partial charge in [-0.15, -0.1) is 22.7 Å². The van der Waals surface area contributed by atoms with Crippen LogP contribution in [0.3, 0.4) is 0 Å². The Bertz CT molecular complexity index is 732. The Morgan fingerprint density at radius 3 is 2.21 bits per heavy atom. The van der Waals surface area contributed by atoms with E-state index in [1.165, 1.54) is 26.6 Å². The Kier molecular flexibility index (Phi) is 8.03. The number of halogens is 1. The Morgan fingerprint density at radius 1 is 0.958 bits per heavy atom. The average molecular weight is 423 g/mol. The number of hydrogen-bond donors (Lipinski definition) is 0. The molecule has 0 aliphatic heterocycles. The molecule has 4 heteroatoms. The first-order valence-corrected chi connectivity index (χ1v) is 10.6. The summed E-state index contributed by atoms with van der Waals surface area (Å²) in [5, 5.41) is 2.11. The topological polar surface area (TPSA) is 9.23 Å². The smallest absolute Gasteiger partial charge is 0.133 e. The van der Waals surface area contributed by atoms with Crippen LogP contribution in [0, 0.1) is 0 Å². The molecular formula is C20H23BrOS2. The summed E-state index contributed by atoms with van der Waals surface area (Å²) in [5.41, 5.74) is 1.31. The van der Waals surface area contributed by atoms with E-state index in [9.17, 15) is 0 Å². The van der Waals surface area contributed by atoms with E-state index in [2.05, 4.69) is 71.6 Å². The van der Waals surface area contributed by atoms with Gasteiger partial charge in [0.15, 0.2) is 0 Å². The lowest BCUT2D eigenvalue weighted by molar-refractivity contribution is 0.412. The average Bonchev–Trinajstić information content (AvgIpc) is 3.27. The molecule has 0 saturated heterocycles. The summed E-state index contributed by atoms with van der Waals surface area (Å²) in [6.45, 7) is 4.37. The van der Waals surface area contributed by atoms with Gasteiger partial charge >= 0.3 is 0 Å². The summed E-state index contributed by atoms with van der Waals surface area (Å²) in [4.78, 5) is 4.34. The lowest BCUT2D eigenvalue weighted by Crippen LogP contribution is -1.88. The number of aryl methyl sites for hydroxylation is 2. The van der Waals surface area contributed by atoms with E-state index in [1.807, 2.05) is 28.7 Å². The minimum atomic E-state index is 0.883. The monoisotopic (exact) mass is 422 g/mol. The third-order valence-corrected chi connectivity index (χ3v) is 6.46. The van der Waals surface area contributed by atoms with Crippen molar-refractivity contribution >= 4 is 38.6 Å². The molecule has 2 heterocycles. The van der Waals surface area contributed by atoms with Crippen molar-refractivity contribution in [3.8, 4) is 5.75 Å². The van der Waals surface area contributed by atoms with E-state index in [-0.39, 0.29) is 0 Å². The zero-order valence-electron chi connectivity index (χ0n) is 14.3. The van der Waals surface area contributed by atoms with Crippen molar-refractivity contribution < 1.29 is 4.74 Å². The highest BCUT2D eigenvalue weighted by molar-refractivity contribution is 9.10. The predicted molar refractivity (Wildman–Crippen MR) is 111 cm³/mol. The van der Waals surface area contributed by atoms with E-state index < -0.39 is 0 Å². The first-order valence-electron chi connectivity index (χ1n) is 8.08. The fraction of sp³-hybridized carbons (Fsp3) is 0.300. The molecule has 0 saturated carbocycles. The van der Waals surface area contributed by atoms with E-state index in [4.69, 9.17) is 4.74 Å². The van der Waals surface area contributed by atoms with Gasteiger partial charge in [-0.1, -0.05) is 26.0 Å². The van der Waals surface area contributed by atoms with Crippen LogP contribution in [0.5, 0.6) is 5.75 Å². The molecule has 128 valence electrons. The van der Waals surface area contributed by atoms with E-state index in [0.29, 0.717) is 0 Å². The molecule has 0 fully saturated rings. The zero-order chi connectivity index (χ0) is 17.4. The molecule has 1 nitrogen and oxygen atoms in total. The van der Waals surface area contributed by atoms with Crippen LogP contribution in [0.15, 0.2) is 52.3 Å². The highest BCUT2D eigenvalue weighted by atomic mass is 79.9. The van der Waals surface area contributed by atoms with Crippen LogP contribution < -0.4 is 4.74 Å². The number of rotatable bonds is 5. The number of thiophene rings is 2. The molecule has 0 aliphatic rings. The largest absolute Gasteiger partial charge is 0.496 e. The molecule has 0 radical (unpaired) electrons. The molecular weight excluding hydrogens is 400 g/mol. The number of benzene rings is 1. The standard InChI is InChI=1S/C14H15BrOS.C6H8S/c1-3-11-5-6-12(17-11)8-10-4-7-14(16-2)13(15)9-10;1-2-6-4-3-5-7-6/h4-7,9H,3,8H2,1-2H3;3-5H,2H2,1H3. The van der Waals surface area contributed by atoms with Crippen molar-refractivity contribution in [3.05, 3.63) is 72.5 Å². The Morgan fingerprint density at radius 2 is 1.71 bits per heavy atom. The molecule has 1 aromatic carbocycles. The summed E-state index contributed by atoms with van der Waals surface area (Å²) in [5.74, 6) is 0.883. The molecule has 0 unspecified atom stereocenters. The minimum absolute atomic E-state index is 0.883. The fourth-order valence-corrected chi connectivity index (χ4v) is 4.48. The molecule has 0 bridgehead atoms. The zero-order valence-corrected chi connectivity index (χ0v) is 17.6. The third-order valence-electron chi connectivity index (χ3n) is 3.59. The van der Waals surface area contributed by atoms with Crippen LogP contribution in [0.25, 0.3) is 0 Å². The molecule has 0 N–H and O–H groups in total. The number of ether oxygens (including phenoxy) is 1. The van der Waals surface area contributed by atoms with Crippen LogP contribution >= 0.6 is 38.6 Å². The molecule has 0 amide bonds. The van der Waals surface area contributed by atoms with Gasteiger partial charge in [-0.2, -0.15) is 0 Å². The predicted octanol–water partition coefficient (Wildman–Crippen LogP) is 6.98. The highest BCUT2D eigenvalue weighted by Crippen LogP contribution is 2.28. The minimum Gasteiger partial charge on any atom is -0.496 e.